The van der Waals surface area contributed by atoms with Crippen molar-refractivity contribution in [3.05, 3.63) is 65.5 Å². The first-order chi connectivity index (χ1) is 12.1. The van der Waals surface area contributed by atoms with Crippen molar-refractivity contribution < 1.29 is 13.9 Å². The number of likely N-dealkylation sites (tertiary alicyclic amines) is 1. The minimum atomic E-state index is -0.903. The second kappa shape index (κ2) is 6.46. The average Bonchev–Trinajstić information content (AvgIpc) is 3.04. The Hall–Kier alpha value is -1.85. The molecule has 1 aromatic heterocycles. The SMILES string of the molecule is OC1(c2cccnc2)CCCC2CN(Cc3c(F)cccc3F)CC21. The number of aliphatic hydroxyl groups is 1. The maximum Gasteiger partial charge on any atom is 0.130 e. The number of fused-ring (bicyclic) bond motifs is 1. The van der Waals surface area contributed by atoms with Crippen molar-refractivity contribution in [1.29, 1.82) is 0 Å². The number of hydrogen-bond donors (Lipinski definition) is 1. The predicted octanol–water partition coefficient (Wildman–Crippen LogP) is 3.48. The Balaban J connectivity index is 1.57. The average molecular weight is 344 g/mol. The summed E-state index contributed by atoms with van der Waals surface area (Å²) in [6.07, 6.45) is 6.15. The van der Waals surface area contributed by atoms with Gasteiger partial charge in [0.2, 0.25) is 0 Å². The van der Waals surface area contributed by atoms with Crippen LogP contribution in [0, 0.1) is 23.5 Å². The van der Waals surface area contributed by atoms with Crippen LogP contribution >= 0.6 is 0 Å². The standard InChI is InChI=1S/C20H22F2N2O/c21-18-6-1-7-19(22)16(18)12-24-11-14-4-2-8-20(25,17(14)13-24)15-5-3-9-23-10-15/h1,3,5-7,9-10,14,17,25H,2,4,8,11-13H2. The summed E-state index contributed by atoms with van der Waals surface area (Å²) in [6.45, 7) is 1.65. The van der Waals surface area contributed by atoms with Gasteiger partial charge >= 0.3 is 0 Å². The van der Waals surface area contributed by atoms with Gasteiger partial charge in [0, 0.05) is 49.1 Å². The molecule has 3 unspecified atom stereocenters. The van der Waals surface area contributed by atoms with Crippen LogP contribution in [0.25, 0.3) is 0 Å². The Labute approximate surface area is 146 Å². The van der Waals surface area contributed by atoms with Crippen LogP contribution in [0.15, 0.2) is 42.7 Å². The van der Waals surface area contributed by atoms with E-state index < -0.39 is 17.2 Å². The van der Waals surface area contributed by atoms with Crippen molar-refractivity contribution in [1.82, 2.24) is 9.88 Å². The monoisotopic (exact) mass is 344 g/mol. The molecule has 1 aliphatic carbocycles. The number of pyridine rings is 1. The zero-order chi connectivity index (χ0) is 17.4. The fourth-order valence-corrected chi connectivity index (χ4v) is 4.63. The lowest BCUT2D eigenvalue weighted by molar-refractivity contribution is -0.0651. The highest BCUT2D eigenvalue weighted by atomic mass is 19.1. The van der Waals surface area contributed by atoms with Crippen molar-refractivity contribution in [3.63, 3.8) is 0 Å². The summed E-state index contributed by atoms with van der Waals surface area (Å²) in [5, 5.41) is 11.4. The summed E-state index contributed by atoms with van der Waals surface area (Å²) in [7, 11) is 0. The molecule has 3 nitrogen and oxygen atoms in total. The first kappa shape index (κ1) is 16.6. The molecule has 1 N–H and O–H groups in total. The van der Waals surface area contributed by atoms with Gasteiger partial charge in [0.15, 0.2) is 0 Å². The highest BCUT2D eigenvalue weighted by Gasteiger charge is 2.49. The lowest BCUT2D eigenvalue weighted by atomic mass is 9.68. The van der Waals surface area contributed by atoms with Crippen LogP contribution in [0.1, 0.15) is 30.4 Å². The minimum Gasteiger partial charge on any atom is -0.385 e. The smallest absolute Gasteiger partial charge is 0.130 e. The second-order valence-corrected chi connectivity index (χ2v) is 7.32. The van der Waals surface area contributed by atoms with Crippen molar-refractivity contribution in [2.45, 2.75) is 31.4 Å². The molecule has 2 fully saturated rings. The second-order valence-electron chi connectivity index (χ2n) is 7.32. The van der Waals surface area contributed by atoms with E-state index >= 15 is 0 Å². The summed E-state index contributed by atoms with van der Waals surface area (Å²) < 4.78 is 27.9. The maximum absolute atomic E-state index is 14.0. The third-order valence-corrected chi connectivity index (χ3v) is 5.87. The van der Waals surface area contributed by atoms with Gasteiger partial charge in [-0.1, -0.05) is 12.1 Å². The van der Waals surface area contributed by atoms with Crippen molar-refractivity contribution in [2.24, 2.45) is 11.8 Å². The van der Waals surface area contributed by atoms with Gasteiger partial charge in [-0.3, -0.25) is 9.88 Å². The van der Waals surface area contributed by atoms with Crippen LogP contribution < -0.4 is 0 Å². The van der Waals surface area contributed by atoms with Crippen LogP contribution in [0.4, 0.5) is 8.78 Å². The Bertz CT molecular complexity index is 734. The van der Waals surface area contributed by atoms with E-state index in [1.54, 1.807) is 12.4 Å². The van der Waals surface area contributed by atoms with E-state index in [-0.39, 0.29) is 18.0 Å². The molecule has 1 aliphatic heterocycles. The predicted molar refractivity (Wildman–Crippen MR) is 90.6 cm³/mol. The number of nitrogens with zero attached hydrogens (tertiary/aromatic N) is 2. The Morgan fingerprint density at radius 1 is 1.16 bits per heavy atom. The Morgan fingerprint density at radius 2 is 1.96 bits per heavy atom. The summed E-state index contributed by atoms with van der Waals surface area (Å²) in [5.41, 5.74) is 0.0642. The van der Waals surface area contributed by atoms with Gasteiger partial charge in [0.25, 0.3) is 0 Å². The van der Waals surface area contributed by atoms with E-state index in [9.17, 15) is 13.9 Å². The molecular formula is C20H22F2N2O. The van der Waals surface area contributed by atoms with E-state index in [2.05, 4.69) is 9.88 Å². The number of hydrogen-bond acceptors (Lipinski definition) is 3. The van der Waals surface area contributed by atoms with Crippen LogP contribution in [-0.2, 0) is 12.1 Å². The van der Waals surface area contributed by atoms with Crippen LogP contribution in [0.3, 0.4) is 0 Å². The third-order valence-electron chi connectivity index (χ3n) is 5.87. The van der Waals surface area contributed by atoms with Gasteiger partial charge in [-0.25, -0.2) is 8.78 Å². The molecule has 1 saturated carbocycles. The molecule has 2 heterocycles. The summed E-state index contributed by atoms with van der Waals surface area (Å²) in [4.78, 5) is 6.23. The van der Waals surface area contributed by atoms with Crippen molar-refractivity contribution in [3.8, 4) is 0 Å². The van der Waals surface area contributed by atoms with E-state index in [0.717, 1.165) is 24.9 Å². The highest BCUT2D eigenvalue weighted by Crippen LogP contribution is 2.48. The normalized spacial score (nSPS) is 29.6. The van der Waals surface area contributed by atoms with Gasteiger partial charge in [-0.2, -0.15) is 0 Å². The molecule has 0 amide bonds. The maximum atomic E-state index is 14.0. The molecule has 25 heavy (non-hydrogen) atoms. The molecule has 1 saturated heterocycles. The first-order valence-corrected chi connectivity index (χ1v) is 8.86. The largest absolute Gasteiger partial charge is 0.385 e. The molecule has 0 bridgehead atoms. The van der Waals surface area contributed by atoms with Gasteiger partial charge < -0.3 is 5.11 Å². The lowest BCUT2D eigenvalue weighted by Crippen LogP contribution is -2.42. The number of rotatable bonds is 3. The summed E-state index contributed by atoms with van der Waals surface area (Å²) in [6, 6.07) is 7.76. The van der Waals surface area contributed by atoms with Crippen molar-refractivity contribution >= 4 is 0 Å². The van der Waals surface area contributed by atoms with Gasteiger partial charge in [-0.05, 0) is 43.4 Å². The molecule has 5 heteroatoms. The third kappa shape index (κ3) is 2.96. The van der Waals surface area contributed by atoms with Gasteiger partial charge in [0.05, 0.1) is 5.60 Å². The first-order valence-electron chi connectivity index (χ1n) is 8.86. The summed E-state index contributed by atoms with van der Waals surface area (Å²) >= 11 is 0. The van der Waals surface area contributed by atoms with E-state index in [4.69, 9.17) is 0 Å². The Morgan fingerprint density at radius 3 is 2.68 bits per heavy atom. The molecular weight excluding hydrogens is 322 g/mol. The van der Waals surface area contributed by atoms with E-state index in [1.807, 2.05) is 12.1 Å². The minimum absolute atomic E-state index is 0.0697. The van der Waals surface area contributed by atoms with Crippen LogP contribution in [0.2, 0.25) is 0 Å². The molecule has 1 aromatic carbocycles. The van der Waals surface area contributed by atoms with Gasteiger partial charge in [0.1, 0.15) is 11.6 Å². The fourth-order valence-electron chi connectivity index (χ4n) is 4.63. The zero-order valence-electron chi connectivity index (χ0n) is 14.0. The molecule has 0 spiro atoms. The van der Waals surface area contributed by atoms with E-state index in [1.165, 1.54) is 18.2 Å². The van der Waals surface area contributed by atoms with Crippen LogP contribution in [0.5, 0.6) is 0 Å². The lowest BCUT2D eigenvalue weighted by Gasteiger charge is -2.41. The summed E-state index contributed by atoms with van der Waals surface area (Å²) in [5.74, 6) is -0.594. The molecule has 132 valence electrons. The molecule has 3 atom stereocenters. The van der Waals surface area contributed by atoms with Gasteiger partial charge in [-0.15, -0.1) is 0 Å². The number of halogens is 2. The zero-order valence-corrected chi connectivity index (χ0v) is 14.0. The van der Waals surface area contributed by atoms with Crippen molar-refractivity contribution in [2.75, 3.05) is 13.1 Å². The topological polar surface area (TPSA) is 36.4 Å². The fraction of sp³-hybridized carbons (Fsp3) is 0.450. The van der Waals surface area contributed by atoms with E-state index in [0.29, 0.717) is 18.9 Å². The molecule has 0 radical (unpaired) electrons. The molecule has 2 aromatic rings. The highest BCUT2D eigenvalue weighted by molar-refractivity contribution is 5.23. The molecule has 2 aliphatic rings. The van der Waals surface area contributed by atoms with Crippen LogP contribution in [-0.4, -0.2) is 28.1 Å². The molecule has 4 rings (SSSR count). The number of aromatic nitrogens is 1. The Kier molecular flexibility index (Phi) is 4.29. The number of benzene rings is 1. The quantitative estimate of drug-likeness (QED) is 0.926.